The van der Waals surface area contributed by atoms with Crippen molar-refractivity contribution in [2.75, 3.05) is 7.11 Å². The van der Waals surface area contributed by atoms with Gasteiger partial charge in [0.1, 0.15) is 5.75 Å². The Hall–Kier alpha value is -2.43. The lowest BCUT2D eigenvalue weighted by Gasteiger charge is -2.10. The number of hydrogen-bond donors (Lipinski definition) is 1. The van der Waals surface area contributed by atoms with E-state index in [1.807, 2.05) is 0 Å². The van der Waals surface area contributed by atoms with Crippen molar-refractivity contribution < 1.29 is 19.4 Å². The third-order valence-electron chi connectivity index (χ3n) is 4.11. The number of benzene rings is 1. The monoisotopic (exact) mass is 285 g/mol. The minimum atomic E-state index is -0.836. The quantitative estimate of drug-likeness (QED) is 0.861. The van der Waals surface area contributed by atoms with Crippen LogP contribution in [0.3, 0.4) is 0 Å². The molecular formula is C16H15NO4. The van der Waals surface area contributed by atoms with Crippen LogP contribution in [0.2, 0.25) is 0 Å². The Kier molecular flexibility index (Phi) is 3.33. The maximum atomic E-state index is 12.5. The summed E-state index contributed by atoms with van der Waals surface area (Å²) in [6, 6.07) is 6.86. The van der Waals surface area contributed by atoms with Crippen molar-refractivity contribution in [3.05, 3.63) is 41.6 Å². The topological polar surface area (TPSA) is 76.0 Å². The van der Waals surface area contributed by atoms with Gasteiger partial charge in [-0.3, -0.25) is 14.6 Å². The van der Waals surface area contributed by atoms with E-state index >= 15 is 0 Å². The predicted molar refractivity (Wildman–Crippen MR) is 76.7 cm³/mol. The highest BCUT2D eigenvalue weighted by Gasteiger charge is 2.42. The molecule has 1 aromatic rings. The molecule has 1 aromatic carbocycles. The zero-order chi connectivity index (χ0) is 15.0. The van der Waals surface area contributed by atoms with Crippen molar-refractivity contribution >= 4 is 17.5 Å². The number of carboxylic acid groups (broad SMARTS) is 1. The number of carbonyl (C=O) groups is 2. The Morgan fingerprint density at radius 2 is 1.95 bits per heavy atom. The number of aliphatic carboxylic acids is 1. The molecule has 0 amide bonds. The van der Waals surface area contributed by atoms with Crippen molar-refractivity contribution in [2.45, 2.75) is 12.8 Å². The molecule has 1 aliphatic heterocycles. The third kappa shape index (κ3) is 2.24. The number of Topliss-reactive ketones (excluding diaryl/α,β-unsaturated/α-hetero) is 1. The number of rotatable bonds is 4. The normalized spacial score (nSPS) is 23.3. The van der Waals surface area contributed by atoms with Crippen LogP contribution in [0.25, 0.3) is 0 Å². The van der Waals surface area contributed by atoms with E-state index in [-0.39, 0.29) is 11.7 Å². The number of nitrogens with zero attached hydrogens (tertiary/aromatic N) is 1. The smallest absolute Gasteiger partial charge is 0.310 e. The first-order valence-electron chi connectivity index (χ1n) is 6.81. The van der Waals surface area contributed by atoms with Crippen LogP contribution in [0.15, 0.2) is 41.0 Å². The Morgan fingerprint density at radius 3 is 2.57 bits per heavy atom. The molecule has 2 aliphatic rings. The molecule has 0 saturated heterocycles. The highest BCUT2D eigenvalue weighted by Crippen LogP contribution is 2.41. The summed E-state index contributed by atoms with van der Waals surface area (Å²) in [7, 11) is 1.57. The summed E-state index contributed by atoms with van der Waals surface area (Å²) < 4.78 is 5.07. The van der Waals surface area contributed by atoms with Crippen molar-refractivity contribution in [2.24, 2.45) is 16.8 Å². The number of methoxy groups -OCH3 is 1. The van der Waals surface area contributed by atoms with Crippen LogP contribution < -0.4 is 4.74 Å². The van der Waals surface area contributed by atoms with Crippen molar-refractivity contribution in [3.8, 4) is 5.75 Å². The molecule has 0 radical (unpaired) electrons. The third-order valence-corrected chi connectivity index (χ3v) is 4.11. The number of aliphatic imine (C=N–C) groups is 1. The highest BCUT2D eigenvalue weighted by atomic mass is 16.5. The van der Waals surface area contributed by atoms with Crippen LogP contribution >= 0.6 is 0 Å². The molecule has 1 heterocycles. The molecule has 0 bridgehead atoms. The molecule has 3 rings (SSSR count). The van der Waals surface area contributed by atoms with Crippen molar-refractivity contribution in [1.82, 2.24) is 0 Å². The van der Waals surface area contributed by atoms with Gasteiger partial charge in [-0.15, -0.1) is 0 Å². The fourth-order valence-electron chi connectivity index (χ4n) is 2.99. The molecule has 1 unspecified atom stereocenters. The second-order valence-electron chi connectivity index (χ2n) is 5.22. The molecule has 5 heteroatoms. The van der Waals surface area contributed by atoms with Gasteiger partial charge in [0.25, 0.3) is 0 Å². The summed E-state index contributed by atoms with van der Waals surface area (Å²) in [5.74, 6) is -0.928. The minimum Gasteiger partial charge on any atom is -0.497 e. The number of hydrogen-bond acceptors (Lipinski definition) is 4. The Morgan fingerprint density at radius 1 is 1.24 bits per heavy atom. The Bertz CT molecular complexity index is 657. The Labute approximate surface area is 122 Å². The van der Waals surface area contributed by atoms with Crippen molar-refractivity contribution in [1.29, 1.82) is 0 Å². The van der Waals surface area contributed by atoms with E-state index < -0.39 is 11.9 Å². The van der Waals surface area contributed by atoms with E-state index in [4.69, 9.17) is 9.84 Å². The van der Waals surface area contributed by atoms with Crippen molar-refractivity contribution in [3.63, 3.8) is 0 Å². The van der Waals surface area contributed by atoms with Crippen LogP contribution in [0.1, 0.15) is 23.2 Å². The van der Waals surface area contributed by atoms with E-state index in [2.05, 4.69) is 4.99 Å². The van der Waals surface area contributed by atoms with Crippen LogP contribution in [-0.2, 0) is 4.79 Å². The van der Waals surface area contributed by atoms with Gasteiger partial charge < -0.3 is 9.84 Å². The second-order valence-corrected chi connectivity index (χ2v) is 5.22. The molecule has 1 N–H and O–H groups in total. The molecule has 0 aromatic heterocycles. The number of ketones is 1. The Balaban J connectivity index is 1.80. The molecule has 1 saturated carbocycles. The van der Waals surface area contributed by atoms with Gasteiger partial charge in [-0.05, 0) is 42.7 Å². The molecule has 0 spiro atoms. The molecule has 5 nitrogen and oxygen atoms in total. The van der Waals surface area contributed by atoms with E-state index in [1.54, 1.807) is 37.6 Å². The molecule has 1 aliphatic carbocycles. The van der Waals surface area contributed by atoms with Gasteiger partial charge >= 0.3 is 5.97 Å². The predicted octanol–water partition coefficient (Wildman–Crippen LogP) is 2.33. The maximum absolute atomic E-state index is 12.5. The van der Waals surface area contributed by atoms with Crippen LogP contribution in [0.5, 0.6) is 5.75 Å². The van der Waals surface area contributed by atoms with Crippen LogP contribution in [0, 0.1) is 11.8 Å². The first-order valence-corrected chi connectivity index (χ1v) is 6.81. The van der Waals surface area contributed by atoms with Crippen LogP contribution in [0.4, 0.5) is 0 Å². The summed E-state index contributed by atoms with van der Waals surface area (Å²) in [6.45, 7) is 0. The van der Waals surface area contributed by atoms with Gasteiger partial charge in [0.05, 0.1) is 18.7 Å². The van der Waals surface area contributed by atoms with Crippen LogP contribution in [-0.4, -0.2) is 29.7 Å². The molecule has 1 fully saturated rings. The fourth-order valence-corrected chi connectivity index (χ4v) is 2.99. The summed E-state index contributed by atoms with van der Waals surface area (Å²) in [5, 5.41) is 9.17. The van der Waals surface area contributed by atoms with Gasteiger partial charge in [0, 0.05) is 17.7 Å². The number of ether oxygens (including phenoxy) is 1. The summed E-state index contributed by atoms with van der Waals surface area (Å²) in [4.78, 5) is 27.9. The van der Waals surface area contributed by atoms with E-state index in [0.717, 1.165) is 5.57 Å². The molecular weight excluding hydrogens is 270 g/mol. The minimum absolute atomic E-state index is 0.138. The average Bonchev–Trinajstić information content (AvgIpc) is 3.07. The van der Waals surface area contributed by atoms with Gasteiger partial charge in [-0.1, -0.05) is 0 Å². The number of fused-ring (bicyclic) bond motifs is 1. The van der Waals surface area contributed by atoms with E-state index in [1.165, 1.54) is 0 Å². The second kappa shape index (κ2) is 5.16. The van der Waals surface area contributed by atoms with Gasteiger partial charge in [-0.2, -0.15) is 0 Å². The highest BCUT2D eigenvalue weighted by molar-refractivity contribution is 6.47. The molecule has 108 valence electrons. The SMILES string of the molecule is COc1ccc(C(=O)C2=NC=C3C2CC[C@@H]3C(=O)O)cc1. The summed E-state index contributed by atoms with van der Waals surface area (Å²) in [6.07, 6.45) is 2.80. The van der Waals surface area contributed by atoms with E-state index in [9.17, 15) is 9.59 Å². The van der Waals surface area contributed by atoms with Gasteiger partial charge in [0.2, 0.25) is 5.78 Å². The number of carbonyl (C=O) groups excluding carboxylic acids is 1. The largest absolute Gasteiger partial charge is 0.497 e. The van der Waals surface area contributed by atoms with Gasteiger partial charge in [0.15, 0.2) is 0 Å². The summed E-state index contributed by atoms with van der Waals surface area (Å²) in [5.41, 5.74) is 1.77. The van der Waals surface area contributed by atoms with Gasteiger partial charge in [-0.25, -0.2) is 0 Å². The molecule has 21 heavy (non-hydrogen) atoms. The molecule has 2 atom stereocenters. The maximum Gasteiger partial charge on any atom is 0.310 e. The first-order chi connectivity index (χ1) is 10.1. The lowest BCUT2D eigenvalue weighted by Crippen LogP contribution is -2.22. The zero-order valence-electron chi connectivity index (χ0n) is 11.6. The number of carboxylic acids is 1. The zero-order valence-corrected chi connectivity index (χ0v) is 11.6. The summed E-state index contributed by atoms with van der Waals surface area (Å²) >= 11 is 0. The lowest BCUT2D eigenvalue weighted by atomic mass is 9.91. The van der Waals surface area contributed by atoms with E-state index in [0.29, 0.717) is 29.9 Å². The lowest BCUT2D eigenvalue weighted by molar-refractivity contribution is -0.140. The fraction of sp³-hybridized carbons (Fsp3) is 0.312. The first kappa shape index (κ1) is 13.5. The average molecular weight is 285 g/mol. The standard InChI is InChI=1S/C16H15NO4/c1-21-10-4-2-9(3-5-10)15(18)14-11-6-7-12(16(19)20)13(11)8-17-14/h2-5,8,11-12H,6-7H2,1H3,(H,19,20)/t11?,12-/m0/s1.